The van der Waals surface area contributed by atoms with Gasteiger partial charge in [-0.2, -0.15) is 0 Å². The molecule has 21 heavy (non-hydrogen) atoms. The first kappa shape index (κ1) is 14.3. The minimum Gasteiger partial charge on any atom is -0.481 e. The molecule has 2 fully saturated rings. The van der Waals surface area contributed by atoms with E-state index in [1.807, 2.05) is 12.1 Å². The summed E-state index contributed by atoms with van der Waals surface area (Å²) in [5.41, 5.74) is 0.676. The molecule has 5 heteroatoms. The molecule has 0 bridgehead atoms. The van der Waals surface area contributed by atoms with Crippen LogP contribution in [-0.4, -0.2) is 48.7 Å². The van der Waals surface area contributed by atoms with Crippen molar-refractivity contribution in [3.05, 3.63) is 30.1 Å². The molecule has 2 aliphatic rings. The highest BCUT2D eigenvalue weighted by molar-refractivity contribution is 5.68. The lowest BCUT2D eigenvalue weighted by Gasteiger charge is -2.37. The molecule has 1 aromatic rings. The molecule has 3 rings (SSSR count). The number of rotatable bonds is 5. The number of nitrogens with zero attached hydrogens (tertiary/aromatic N) is 2. The maximum absolute atomic E-state index is 13.8. The highest BCUT2D eigenvalue weighted by Gasteiger charge is 2.45. The molecule has 1 saturated carbocycles. The van der Waals surface area contributed by atoms with Gasteiger partial charge in [0, 0.05) is 32.7 Å². The second-order valence-electron chi connectivity index (χ2n) is 6.29. The van der Waals surface area contributed by atoms with E-state index in [0.29, 0.717) is 5.69 Å². The first-order valence-electron chi connectivity index (χ1n) is 7.52. The second kappa shape index (κ2) is 5.64. The van der Waals surface area contributed by atoms with Gasteiger partial charge < -0.3 is 10.0 Å². The summed E-state index contributed by atoms with van der Waals surface area (Å²) in [6.45, 7) is 4.20. The fraction of sp³-hybridized carbons (Fsp3) is 0.562. The zero-order valence-corrected chi connectivity index (χ0v) is 12.1. The van der Waals surface area contributed by atoms with Gasteiger partial charge in [0.05, 0.1) is 12.1 Å². The lowest BCUT2D eigenvalue weighted by molar-refractivity contribution is -0.138. The summed E-state index contributed by atoms with van der Waals surface area (Å²) in [4.78, 5) is 15.3. The van der Waals surface area contributed by atoms with E-state index in [1.165, 1.54) is 6.07 Å². The van der Waals surface area contributed by atoms with Crippen molar-refractivity contribution in [1.29, 1.82) is 0 Å². The van der Waals surface area contributed by atoms with Crippen molar-refractivity contribution in [1.82, 2.24) is 4.90 Å². The largest absolute Gasteiger partial charge is 0.481 e. The number of aliphatic carboxylic acids is 1. The molecule has 0 atom stereocenters. The predicted octanol–water partition coefficient (Wildman–Crippen LogP) is 2.20. The van der Waals surface area contributed by atoms with Crippen molar-refractivity contribution >= 4 is 11.7 Å². The standard InChI is InChI=1S/C16H21FN2O2/c17-13-3-1-2-4-14(13)19-9-7-18(8-10-19)12-16(5-6-16)11-15(20)21/h1-4H,5-12H2,(H,20,21). The maximum Gasteiger partial charge on any atom is 0.303 e. The Labute approximate surface area is 124 Å². The number of para-hydroxylation sites is 1. The highest BCUT2D eigenvalue weighted by atomic mass is 19.1. The number of benzene rings is 1. The van der Waals surface area contributed by atoms with Crippen molar-refractivity contribution in [2.75, 3.05) is 37.6 Å². The van der Waals surface area contributed by atoms with Crippen LogP contribution in [-0.2, 0) is 4.79 Å². The number of carboxylic acids is 1. The topological polar surface area (TPSA) is 43.8 Å². The second-order valence-corrected chi connectivity index (χ2v) is 6.29. The van der Waals surface area contributed by atoms with Crippen LogP contribution in [0.1, 0.15) is 19.3 Å². The zero-order chi connectivity index (χ0) is 14.9. The average molecular weight is 292 g/mol. The van der Waals surface area contributed by atoms with Crippen LogP contribution in [0.15, 0.2) is 24.3 Å². The summed E-state index contributed by atoms with van der Waals surface area (Å²) >= 11 is 0. The highest BCUT2D eigenvalue weighted by Crippen LogP contribution is 2.49. The van der Waals surface area contributed by atoms with E-state index in [4.69, 9.17) is 5.11 Å². The quantitative estimate of drug-likeness (QED) is 0.903. The molecule has 114 valence electrons. The summed E-state index contributed by atoms with van der Waals surface area (Å²) in [5.74, 6) is -0.868. The van der Waals surface area contributed by atoms with Crippen LogP contribution < -0.4 is 4.90 Å². The van der Waals surface area contributed by atoms with Crippen molar-refractivity contribution in [2.24, 2.45) is 5.41 Å². The van der Waals surface area contributed by atoms with E-state index in [0.717, 1.165) is 45.6 Å². The van der Waals surface area contributed by atoms with Gasteiger partial charge in [-0.3, -0.25) is 9.69 Å². The minimum atomic E-state index is -0.697. The van der Waals surface area contributed by atoms with Crippen LogP contribution in [0.2, 0.25) is 0 Å². The van der Waals surface area contributed by atoms with Crippen molar-refractivity contribution in [3.8, 4) is 0 Å². The molecule has 1 saturated heterocycles. The van der Waals surface area contributed by atoms with Crippen LogP contribution in [0.4, 0.5) is 10.1 Å². The van der Waals surface area contributed by atoms with Gasteiger partial charge >= 0.3 is 5.97 Å². The van der Waals surface area contributed by atoms with Gasteiger partial charge in [-0.05, 0) is 30.4 Å². The minimum absolute atomic E-state index is 0.00595. The third-order valence-electron chi connectivity index (χ3n) is 4.61. The summed E-state index contributed by atoms with van der Waals surface area (Å²) in [6, 6.07) is 6.88. The number of halogens is 1. The Hall–Kier alpha value is -1.62. The Morgan fingerprint density at radius 3 is 2.43 bits per heavy atom. The van der Waals surface area contributed by atoms with Crippen molar-refractivity contribution in [3.63, 3.8) is 0 Å². The first-order valence-corrected chi connectivity index (χ1v) is 7.52. The molecule has 0 radical (unpaired) electrons. The molecule has 1 aliphatic carbocycles. The van der Waals surface area contributed by atoms with Gasteiger partial charge in [-0.15, -0.1) is 0 Å². The SMILES string of the molecule is O=C(O)CC1(CN2CCN(c3ccccc3F)CC2)CC1. The lowest BCUT2D eigenvalue weighted by atomic mass is 10.0. The Kier molecular flexibility index (Phi) is 3.85. The van der Waals surface area contributed by atoms with E-state index >= 15 is 0 Å². The maximum atomic E-state index is 13.8. The van der Waals surface area contributed by atoms with Gasteiger partial charge in [0.15, 0.2) is 0 Å². The Bertz CT molecular complexity index is 523. The fourth-order valence-electron chi connectivity index (χ4n) is 3.22. The zero-order valence-electron chi connectivity index (χ0n) is 12.1. The monoisotopic (exact) mass is 292 g/mol. The van der Waals surface area contributed by atoms with Gasteiger partial charge in [0.2, 0.25) is 0 Å². The van der Waals surface area contributed by atoms with Crippen LogP contribution in [0.5, 0.6) is 0 Å². The number of hydrogen-bond donors (Lipinski definition) is 1. The number of hydrogen-bond acceptors (Lipinski definition) is 3. The molecule has 1 aliphatic heterocycles. The van der Waals surface area contributed by atoms with Crippen LogP contribution >= 0.6 is 0 Å². The van der Waals surface area contributed by atoms with Gasteiger partial charge in [0.25, 0.3) is 0 Å². The van der Waals surface area contributed by atoms with Crippen LogP contribution in [0.25, 0.3) is 0 Å². The summed E-state index contributed by atoms with van der Waals surface area (Å²) in [5, 5.41) is 8.97. The third kappa shape index (κ3) is 3.35. The molecule has 0 aromatic heterocycles. The van der Waals surface area contributed by atoms with E-state index in [2.05, 4.69) is 9.80 Å². The number of carbonyl (C=O) groups is 1. The number of piperazine rings is 1. The van der Waals surface area contributed by atoms with Gasteiger partial charge in [-0.25, -0.2) is 4.39 Å². The Morgan fingerprint density at radius 2 is 1.86 bits per heavy atom. The molecule has 0 spiro atoms. The molecular formula is C16H21FN2O2. The van der Waals surface area contributed by atoms with E-state index in [1.54, 1.807) is 6.07 Å². The van der Waals surface area contributed by atoms with Gasteiger partial charge in [-0.1, -0.05) is 12.1 Å². The number of anilines is 1. The van der Waals surface area contributed by atoms with Crippen LogP contribution in [0, 0.1) is 11.2 Å². The van der Waals surface area contributed by atoms with Crippen molar-refractivity contribution in [2.45, 2.75) is 19.3 Å². The molecular weight excluding hydrogens is 271 g/mol. The van der Waals surface area contributed by atoms with E-state index in [-0.39, 0.29) is 17.7 Å². The molecule has 1 N–H and O–H groups in total. The molecule has 1 aromatic carbocycles. The normalized spacial score (nSPS) is 21.3. The third-order valence-corrected chi connectivity index (χ3v) is 4.61. The number of carboxylic acid groups (broad SMARTS) is 1. The van der Waals surface area contributed by atoms with Crippen molar-refractivity contribution < 1.29 is 14.3 Å². The lowest BCUT2D eigenvalue weighted by Crippen LogP contribution is -2.48. The summed E-state index contributed by atoms with van der Waals surface area (Å²) in [7, 11) is 0. The van der Waals surface area contributed by atoms with Gasteiger partial charge in [0.1, 0.15) is 5.82 Å². The molecule has 0 amide bonds. The molecule has 1 heterocycles. The predicted molar refractivity (Wildman–Crippen MR) is 79.0 cm³/mol. The summed E-state index contributed by atoms with van der Waals surface area (Å²) < 4.78 is 13.8. The smallest absolute Gasteiger partial charge is 0.303 e. The van der Waals surface area contributed by atoms with E-state index < -0.39 is 5.97 Å². The van der Waals surface area contributed by atoms with E-state index in [9.17, 15) is 9.18 Å². The average Bonchev–Trinajstić information content (AvgIpc) is 3.19. The molecule has 4 nitrogen and oxygen atoms in total. The first-order chi connectivity index (χ1) is 10.1. The van der Waals surface area contributed by atoms with Crippen LogP contribution in [0.3, 0.4) is 0 Å². The Balaban J connectivity index is 1.54. The molecule has 0 unspecified atom stereocenters. The Morgan fingerprint density at radius 1 is 1.19 bits per heavy atom. The summed E-state index contributed by atoms with van der Waals surface area (Å²) in [6.07, 6.45) is 2.32. The fourth-order valence-corrected chi connectivity index (χ4v) is 3.22.